The lowest BCUT2D eigenvalue weighted by Gasteiger charge is -2.27. The van der Waals surface area contributed by atoms with Crippen LogP contribution in [-0.2, 0) is 6.54 Å². The maximum Gasteiger partial charge on any atom is 0.258 e. The Hall–Kier alpha value is -1.33. The molecule has 3 nitrogen and oxygen atoms in total. The first-order valence-electron chi connectivity index (χ1n) is 6.69. The van der Waals surface area contributed by atoms with Crippen LogP contribution in [0.4, 0.5) is 0 Å². The molecule has 0 spiro atoms. The van der Waals surface area contributed by atoms with Crippen molar-refractivity contribution in [2.24, 2.45) is 0 Å². The molecule has 112 valence electrons. The molecule has 0 aliphatic heterocycles. The average Bonchev–Trinajstić information content (AvgIpc) is 2.96. The lowest BCUT2D eigenvalue weighted by Crippen LogP contribution is -2.36. The summed E-state index contributed by atoms with van der Waals surface area (Å²) in [7, 11) is 1.58. The van der Waals surface area contributed by atoms with Crippen LogP contribution < -0.4 is 4.74 Å². The van der Waals surface area contributed by atoms with Crippen molar-refractivity contribution in [3.63, 3.8) is 0 Å². The number of rotatable bonds is 5. The minimum absolute atomic E-state index is 0.0113. The van der Waals surface area contributed by atoms with Crippen molar-refractivity contribution < 1.29 is 9.53 Å². The van der Waals surface area contributed by atoms with Crippen molar-refractivity contribution in [3.05, 3.63) is 50.6 Å². The van der Waals surface area contributed by atoms with Crippen molar-refractivity contribution in [3.8, 4) is 5.75 Å². The van der Waals surface area contributed by atoms with Crippen LogP contribution >= 0.6 is 27.3 Å². The Morgan fingerprint density at radius 2 is 2.14 bits per heavy atom. The number of ether oxygens (including phenoxy) is 1. The molecule has 1 aromatic heterocycles. The second-order valence-electron chi connectivity index (χ2n) is 4.95. The highest BCUT2D eigenvalue weighted by Crippen LogP contribution is 2.26. The first kappa shape index (κ1) is 16.0. The standard InChI is InChI=1S/C16H18BrNO2S/c1-11(2)18(10-13-5-4-8-21-13)16(19)14-7-6-12(17)9-15(14)20-3/h4-9,11H,10H2,1-3H3. The number of hydrogen-bond donors (Lipinski definition) is 0. The van der Waals surface area contributed by atoms with Gasteiger partial charge in [0, 0.05) is 15.4 Å². The molecule has 0 saturated heterocycles. The summed E-state index contributed by atoms with van der Waals surface area (Å²) in [6.45, 7) is 4.67. The normalized spacial score (nSPS) is 10.7. The van der Waals surface area contributed by atoms with Gasteiger partial charge in [0.15, 0.2) is 0 Å². The smallest absolute Gasteiger partial charge is 0.258 e. The van der Waals surface area contributed by atoms with Crippen LogP contribution in [-0.4, -0.2) is 24.0 Å². The molecule has 0 aliphatic rings. The molecule has 1 aromatic carbocycles. The lowest BCUT2D eigenvalue weighted by atomic mass is 10.1. The van der Waals surface area contributed by atoms with E-state index in [0.29, 0.717) is 17.9 Å². The molecule has 2 rings (SSSR count). The SMILES string of the molecule is COc1cc(Br)ccc1C(=O)N(Cc1cccs1)C(C)C. The third-order valence-corrected chi connectivity index (χ3v) is 4.54. The number of halogens is 1. The Kier molecular flexibility index (Phi) is 5.42. The lowest BCUT2D eigenvalue weighted by molar-refractivity contribution is 0.0689. The topological polar surface area (TPSA) is 29.5 Å². The van der Waals surface area contributed by atoms with Gasteiger partial charge in [0.05, 0.1) is 19.2 Å². The number of hydrogen-bond acceptors (Lipinski definition) is 3. The monoisotopic (exact) mass is 367 g/mol. The van der Waals surface area contributed by atoms with Gasteiger partial charge in [0.2, 0.25) is 0 Å². The van der Waals surface area contributed by atoms with Gasteiger partial charge < -0.3 is 9.64 Å². The molecular formula is C16H18BrNO2S. The number of carbonyl (C=O) groups is 1. The highest BCUT2D eigenvalue weighted by Gasteiger charge is 2.22. The molecule has 0 atom stereocenters. The number of benzene rings is 1. The van der Waals surface area contributed by atoms with E-state index in [-0.39, 0.29) is 11.9 Å². The second kappa shape index (κ2) is 7.09. The molecule has 2 aromatic rings. The quantitative estimate of drug-likeness (QED) is 0.774. The van der Waals surface area contributed by atoms with Crippen LogP contribution in [0.1, 0.15) is 29.1 Å². The summed E-state index contributed by atoms with van der Waals surface area (Å²) < 4.78 is 6.23. The van der Waals surface area contributed by atoms with Gasteiger partial charge >= 0.3 is 0 Å². The molecule has 0 bridgehead atoms. The fourth-order valence-electron chi connectivity index (χ4n) is 2.06. The Balaban J connectivity index is 2.30. The Labute approximate surface area is 137 Å². The zero-order chi connectivity index (χ0) is 15.4. The van der Waals surface area contributed by atoms with Crippen molar-refractivity contribution in [1.82, 2.24) is 4.90 Å². The zero-order valence-corrected chi connectivity index (χ0v) is 14.7. The first-order valence-corrected chi connectivity index (χ1v) is 8.37. The minimum Gasteiger partial charge on any atom is -0.496 e. The predicted octanol–water partition coefficient (Wildman–Crippen LogP) is 4.57. The van der Waals surface area contributed by atoms with Gasteiger partial charge in [-0.15, -0.1) is 11.3 Å². The van der Waals surface area contributed by atoms with E-state index in [0.717, 1.165) is 4.47 Å². The van der Waals surface area contributed by atoms with Gasteiger partial charge in [-0.05, 0) is 43.5 Å². The fourth-order valence-corrected chi connectivity index (χ4v) is 3.10. The van der Waals surface area contributed by atoms with E-state index in [1.807, 2.05) is 48.4 Å². The molecule has 0 aliphatic carbocycles. The van der Waals surface area contributed by atoms with E-state index in [1.54, 1.807) is 24.5 Å². The predicted molar refractivity (Wildman–Crippen MR) is 90.0 cm³/mol. The Morgan fingerprint density at radius 1 is 1.38 bits per heavy atom. The van der Waals surface area contributed by atoms with Gasteiger partial charge in [-0.2, -0.15) is 0 Å². The summed E-state index contributed by atoms with van der Waals surface area (Å²) in [5.41, 5.74) is 0.589. The van der Waals surface area contributed by atoms with E-state index < -0.39 is 0 Å². The van der Waals surface area contributed by atoms with E-state index in [9.17, 15) is 4.79 Å². The van der Waals surface area contributed by atoms with E-state index >= 15 is 0 Å². The van der Waals surface area contributed by atoms with E-state index in [1.165, 1.54) is 4.88 Å². The van der Waals surface area contributed by atoms with E-state index in [2.05, 4.69) is 15.9 Å². The maximum atomic E-state index is 12.8. The summed E-state index contributed by atoms with van der Waals surface area (Å²) in [6.07, 6.45) is 0. The molecule has 1 heterocycles. The van der Waals surface area contributed by atoms with Crippen molar-refractivity contribution >= 4 is 33.2 Å². The number of amides is 1. The molecule has 0 unspecified atom stereocenters. The van der Waals surface area contributed by atoms with Crippen LogP contribution in [0, 0.1) is 0 Å². The fraction of sp³-hybridized carbons (Fsp3) is 0.312. The first-order chi connectivity index (χ1) is 10.0. The minimum atomic E-state index is -0.0113. The zero-order valence-electron chi connectivity index (χ0n) is 12.3. The van der Waals surface area contributed by atoms with Crippen LogP contribution in [0.15, 0.2) is 40.2 Å². The van der Waals surface area contributed by atoms with Crippen molar-refractivity contribution in [2.45, 2.75) is 26.4 Å². The highest BCUT2D eigenvalue weighted by atomic mass is 79.9. The molecular weight excluding hydrogens is 350 g/mol. The number of carbonyl (C=O) groups excluding carboxylic acids is 1. The van der Waals surface area contributed by atoms with Crippen LogP contribution in [0.2, 0.25) is 0 Å². The third kappa shape index (κ3) is 3.86. The Morgan fingerprint density at radius 3 is 2.71 bits per heavy atom. The highest BCUT2D eigenvalue weighted by molar-refractivity contribution is 9.10. The van der Waals surface area contributed by atoms with Crippen LogP contribution in [0.3, 0.4) is 0 Å². The second-order valence-corrected chi connectivity index (χ2v) is 6.90. The number of nitrogens with zero attached hydrogens (tertiary/aromatic N) is 1. The van der Waals surface area contributed by atoms with Gasteiger partial charge in [-0.25, -0.2) is 0 Å². The molecule has 21 heavy (non-hydrogen) atoms. The maximum absolute atomic E-state index is 12.8. The van der Waals surface area contributed by atoms with E-state index in [4.69, 9.17) is 4.74 Å². The summed E-state index contributed by atoms with van der Waals surface area (Å²) >= 11 is 5.06. The van der Waals surface area contributed by atoms with Gasteiger partial charge in [-0.3, -0.25) is 4.79 Å². The summed E-state index contributed by atoms with van der Waals surface area (Å²) in [4.78, 5) is 15.9. The van der Waals surface area contributed by atoms with Crippen molar-refractivity contribution in [1.29, 1.82) is 0 Å². The molecule has 0 saturated carbocycles. The summed E-state index contributed by atoms with van der Waals surface area (Å²) in [5.74, 6) is 0.578. The van der Waals surface area contributed by atoms with Gasteiger partial charge in [0.1, 0.15) is 5.75 Å². The molecule has 0 fully saturated rings. The molecule has 0 N–H and O–H groups in total. The molecule has 1 amide bonds. The summed E-state index contributed by atoms with van der Waals surface area (Å²) in [5, 5.41) is 2.03. The number of methoxy groups -OCH3 is 1. The van der Waals surface area contributed by atoms with Crippen LogP contribution in [0.5, 0.6) is 5.75 Å². The summed E-state index contributed by atoms with van der Waals surface area (Å²) in [6, 6.07) is 9.65. The van der Waals surface area contributed by atoms with Gasteiger partial charge in [-0.1, -0.05) is 22.0 Å². The van der Waals surface area contributed by atoms with Crippen molar-refractivity contribution in [2.75, 3.05) is 7.11 Å². The van der Waals surface area contributed by atoms with Gasteiger partial charge in [0.25, 0.3) is 5.91 Å². The molecule has 5 heteroatoms. The molecule has 0 radical (unpaired) electrons. The average molecular weight is 368 g/mol. The van der Waals surface area contributed by atoms with Crippen LogP contribution in [0.25, 0.3) is 0 Å². The largest absolute Gasteiger partial charge is 0.496 e. The Bertz CT molecular complexity index is 611. The third-order valence-electron chi connectivity index (χ3n) is 3.18. The number of thiophene rings is 1.